The van der Waals surface area contributed by atoms with E-state index < -0.39 is 0 Å². The number of rotatable bonds is 3. The zero-order chi connectivity index (χ0) is 14.8. The molecule has 0 amide bonds. The van der Waals surface area contributed by atoms with E-state index in [1.54, 1.807) is 7.11 Å². The van der Waals surface area contributed by atoms with Crippen LogP contribution in [0.1, 0.15) is 36.5 Å². The summed E-state index contributed by atoms with van der Waals surface area (Å²) in [6.07, 6.45) is 8.18. The van der Waals surface area contributed by atoms with E-state index in [1.807, 2.05) is 18.5 Å². The van der Waals surface area contributed by atoms with Crippen molar-refractivity contribution < 1.29 is 4.74 Å². The van der Waals surface area contributed by atoms with Gasteiger partial charge in [-0.1, -0.05) is 19.1 Å². The van der Waals surface area contributed by atoms with E-state index >= 15 is 0 Å². The SMILES string of the molecule is CC=C1C(C(C)c2ccncc2)=Cc2ccc(OC)cc21. The number of ether oxygens (including phenoxy) is 1. The van der Waals surface area contributed by atoms with Gasteiger partial charge in [0.25, 0.3) is 0 Å². The predicted octanol–water partition coefficient (Wildman–Crippen LogP) is 4.69. The molecular formula is C19H19NO. The maximum atomic E-state index is 5.35. The van der Waals surface area contributed by atoms with Crippen LogP contribution in [0.5, 0.6) is 5.75 Å². The number of hydrogen-bond donors (Lipinski definition) is 0. The Bertz CT molecular complexity index is 714. The summed E-state index contributed by atoms with van der Waals surface area (Å²) >= 11 is 0. The lowest BCUT2D eigenvalue weighted by molar-refractivity contribution is 0.414. The van der Waals surface area contributed by atoms with Crippen molar-refractivity contribution in [2.24, 2.45) is 0 Å². The van der Waals surface area contributed by atoms with Crippen LogP contribution in [0.25, 0.3) is 11.6 Å². The molecule has 0 N–H and O–H groups in total. The Morgan fingerprint density at radius 3 is 2.57 bits per heavy atom. The summed E-state index contributed by atoms with van der Waals surface area (Å²) in [6.45, 7) is 4.34. The molecule has 0 radical (unpaired) electrons. The van der Waals surface area contributed by atoms with E-state index in [0.717, 1.165) is 5.75 Å². The van der Waals surface area contributed by atoms with Crippen LogP contribution in [0.15, 0.2) is 54.4 Å². The molecule has 1 aliphatic carbocycles. The van der Waals surface area contributed by atoms with Crippen LogP contribution in [0.4, 0.5) is 0 Å². The molecule has 0 saturated carbocycles. The average Bonchev–Trinajstić information content (AvgIpc) is 2.92. The highest BCUT2D eigenvalue weighted by molar-refractivity contribution is 5.96. The van der Waals surface area contributed by atoms with Crippen LogP contribution < -0.4 is 4.74 Å². The standard InChI is InChI=1S/C19H19NO/c1-4-17-18(13(2)14-7-9-20-10-8-14)11-15-5-6-16(21-3)12-19(15)17/h4-13H,1-3H3. The van der Waals surface area contributed by atoms with Crippen LogP contribution in [0.2, 0.25) is 0 Å². The number of benzene rings is 1. The number of nitrogens with zero attached hydrogens (tertiary/aromatic N) is 1. The van der Waals surface area contributed by atoms with Crippen molar-refractivity contribution in [3.63, 3.8) is 0 Å². The van der Waals surface area contributed by atoms with Crippen LogP contribution in [0, 0.1) is 0 Å². The normalized spacial score (nSPS) is 16.5. The largest absolute Gasteiger partial charge is 0.497 e. The Balaban J connectivity index is 2.02. The summed E-state index contributed by atoms with van der Waals surface area (Å²) in [5.74, 6) is 1.25. The van der Waals surface area contributed by atoms with Crippen LogP contribution in [0.3, 0.4) is 0 Å². The Hall–Kier alpha value is -2.35. The van der Waals surface area contributed by atoms with E-state index in [4.69, 9.17) is 4.74 Å². The second-order valence-corrected chi connectivity index (χ2v) is 5.26. The van der Waals surface area contributed by atoms with Crippen molar-refractivity contribution in [2.45, 2.75) is 19.8 Å². The molecule has 106 valence electrons. The van der Waals surface area contributed by atoms with Crippen molar-refractivity contribution >= 4 is 11.6 Å². The molecule has 1 atom stereocenters. The molecule has 2 nitrogen and oxygen atoms in total. The van der Waals surface area contributed by atoms with E-state index in [1.165, 1.54) is 27.8 Å². The summed E-state index contributed by atoms with van der Waals surface area (Å²) in [6, 6.07) is 10.4. The topological polar surface area (TPSA) is 22.1 Å². The Labute approximate surface area is 125 Å². The molecule has 2 aromatic rings. The first-order chi connectivity index (χ1) is 10.2. The predicted molar refractivity (Wildman–Crippen MR) is 87.3 cm³/mol. The molecule has 2 heteroatoms. The van der Waals surface area contributed by atoms with Gasteiger partial charge in [-0.15, -0.1) is 0 Å². The number of fused-ring (bicyclic) bond motifs is 1. The second kappa shape index (κ2) is 5.57. The fourth-order valence-corrected chi connectivity index (χ4v) is 2.93. The highest BCUT2D eigenvalue weighted by Gasteiger charge is 2.23. The van der Waals surface area contributed by atoms with Crippen LogP contribution >= 0.6 is 0 Å². The number of methoxy groups -OCH3 is 1. The molecule has 1 aliphatic rings. The molecule has 3 rings (SSSR count). The molecule has 0 aliphatic heterocycles. The van der Waals surface area contributed by atoms with Crippen molar-refractivity contribution in [1.29, 1.82) is 0 Å². The molecule has 1 heterocycles. The van der Waals surface area contributed by atoms with E-state index in [0.29, 0.717) is 5.92 Å². The van der Waals surface area contributed by atoms with Crippen molar-refractivity contribution in [3.05, 3.63) is 71.1 Å². The first-order valence-electron chi connectivity index (χ1n) is 7.21. The zero-order valence-corrected chi connectivity index (χ0v) is 12.6. The van der Waals surface area contributed by atoms with E-state index in [2.05, 4.69) is 55.2 Å². The number of aromatic nitrogens is 1. The van der Waals surface area contributed by atoms with E-state index in [9.17, 15) is 0 Å². The Morgan fingerprint density at radius 2 is 1.90 bits per heavy atom. The summed E-state index contributed by atoms with van der Waals surface area (Å²) in [5, 5.41) is 0. The summed E-state index contributed by atoms with van der Waals surface area (Å²) < 4.78 is 5.35. The molecule has 0 fully saturated rings. The maximum absolute atomic E-state index is 5.35. The number of allylic oxidation sites excluding steroid dienone is 3. The monoisotopic (exact) mass is 277 g/mol. The highest BCUT2D eigenvalue weighted by Crippen LogP contribution is 2.43. The first-order valence-corrected chi connectivity index (χ1v) is 7.21. The molecule has 0 saturated heterocycles. The number of hydrogen-bond acceptors (Lipinski definition) is 2. The first kappa shape index (κ1) is 13.6. The van der Waals surface area contributed by atoms with Gasteiger partial charge in [-0.2, -0.15) is 0 Å². The Kier molecular flexibility index (Phi) is 3.61. The van der Waals surface area contributed by atoms with E-state index in [-0.39, 0.29) is 0 Å². The molecular weight excluding hydrogens is 258 g/mol. The fraction of sp³-hybridized carbons (Fsp3) is 0.211. The van der Waals surface area contributed by atoms with Gasteiger partial charge in [-0.25, -0.2) is 0 Å². The lowest BCUT2D eigenvalue weighted by atomic mass is 9.89. The van der Waals surface area contributed by atoms with Gasteiger partial charge in [0.1, 0.15) is 5.75 Å². The summed E-state index contributed by atoms with van der Waals surface area (Å²) in [7, 11) is 1.71. The molecule has 21 heavy (non-hydrogen) atoms. The van der Waals surface area contributed by atoms with Crippen molar-refractivity contribution in [3.8, 4) is 5.75 Å². The van der Waals surface area contributed by atoms with Crippen molar-refractivity contribution in [1.82, 2.24) is 4.98 Å². The maximum Gasteiger partial charge on any atom is 0.119 e. The highest BCUT2D eigenvalue weighted by atomic mass is 16.5. The summed E-state index contributed by atoms with van der Waals surface area (Å²) in [5.41, 5.74) is 6.46. The van der Waals surface area contributed by atoms with Gasteiger partial charge in [-0.05, 0) is 65.1 Å². The van der Waals surface area contributed by atoms with Gasteiger partial charge in [-0.3, -0.25) is 4.98 Å². The van der Waals surface area contributed by atoms with Gasteiger partial charge in [0.05, 0.1) is 7.11 Å². The zero-order valence-electron chi connectivity index (χ0n) is 12.6. The van der Waals surface area contributed by atoms with Gasteiger partial charge in [0.2, 0.25) is 0 Å². The third-order valence-electron chi connectivity index (χ3n) is 4.13. The smallest absolute Gasteiger partial charge is 0.119 e. The Morgan fingerprint density at radius 1 is 1.14 bits per heavy atom. The van der Waals surface area contributed by atoms with Crippen LogP contribution in [-0.2, 0) is 0 Å². The minimum Gasteiger partial charge on any atom is -0.497 e. The molecule has 1 aromatic heterocycles. The van der Waals surface area contributed by atoms with Gasteiger partial charge < -0.3 is 4.74 Å². The fourth-order valence-electron chi connectivity index (χ4n) is 2.93. The lowest BCUT2D eigenvalue weighted by Crippen LogP contribution is -1.98. The minimum absolute atomic E-state index is 0.345. The third-order valence-corrected chi connectivity index (χ3v) is 4.13. The molecule has 1 unspecified atom stereocenters. The molecule has 0 spiro atoms. The third kappa shape index (κ3) is 2.38. The number of pyridine rings is 1. The van der Waals surface area contributed by atoms with Gasteiger partial charge >= 0.3 is 0 Å². The lowest BCUT2D eigenvalue weighted by Gasteiger charge is -2.16. The average molecular weight is 277 g/mol. The van der Waals surface area contributed by atoms with Gasteiger partial charge in [0.15, 0.2) is 0 Å². The quantitative estimate of drug-likeness (QED) is 0.811. The molecule has 0 bridgehead atoms. The summed E-state index contributed by atoms with van der Waals surface area (Å²) in [4.78, 5) is 4.11. The van der Waals surface area contributed by atoms with Crippen molar-refractivity contribution in [2.75, 3.05) is 7.11 Å². The minimum atomic E-state index is 0.345. The van der Waals surface area contributed by atoms with Gasteiger partial charge in [0, 0.05) is 18.3 Å². The second-order valence-electron chi connectivity index (χ2n) is 5.26. The van der Waals surface area contributed by atoms with Crippen LogP contribution in [-0.4, -0.2) is 12.1 Å². The molecule has 1 aromatic carbocycles.